The summed E-state index contributed by atoms with van der Waals surface area (Å²) in [6.45, 7) is 3.53. The average Bonchev–Trinajstić information content (AvgIpc) is 2.56. The molecule has 104 valence electrons. The lowest BCUT2D eigenvalue weighted by Gasteiger charge is -2.36. The van der Waals surface area contributed by atoms with Crippen molar-refractivity contribution in [3.63, 3.8) is 0 Å². The van der Waals surface area contributed by atoms with Gasteiger partial charge in [-0.2, -0.15) is 0 Å². The van der Waals surface area contributed by atoms with Gasteiger partial charge in [-0.25, -0.2) is 9.97 Å². The second-order valence-corrected chi connectivity index (χ2v) is 4.69. The summed E-state index contributed by atoms with van der Waals surface area (Å²) in [6.07, 6.45) is 7.02. The van der Waals surface area contributed by atoms with Gasteiger partial charge in [-0.15, -0.1) is 0 Å². The van der Waals surface area contributed by atoms with E-state index < -0.39 is 0 Å². The molecule has 1 saturated heterocycles. The highest BCUT2D eigenvalue weighted by atomic mass is 16.3. The number of aliphatic hydroxyl groups is 1. The first-order valence-corrected chi connectivity index (χ1v) is 6.69. The minimum atomic E-state index is 0.0190. The van der Waals surface area contributed by atoms with E-state index in [2.05, 4.69) is 24.8 Å². The van der Waals surface area contributed by atoms with Crippen molar-refractivity contribution in [2.45, 2.75) is 6.61 Å². The quantitative estimate of drug-likeness (QED) is 0.886. The first-order chi connectivity index (χ1) is 9.88. The molecular formula is C14H17N5O. The van der Waals surface area contributed by atoms with Gasteiger partial charge in [-0.05, 0) is 12.1 Å². The summed E-state index contributed by atoms with van der Waals surface area (Å²) >= 11 is 0. The summed E-state index contributed by atoms with van der Waals surface area (Å²) in [7, 11) is 0. The van der Waals surface area contributed by atoms with Crippen LogP contribution in [0.15, 0.2) is 36.9 Å². The van der Waals surface area contributed by atoms with Crippen LogP contribution in [0.25, 0.3) is 0 Å². The Bertz CT molecular complexity index is 555. The van der Waals surface area contributed by atoms with Crippen LogP contribution < -0.4 is 9.80 Å². The molecule has 6 heteroatoms. The van der Waals surface area contributed by atoms with Crippen molar-refractivity contribution in [1.82, 2.24) is 15.0 Å². The lowest BCUT2D eigenvalue weighted by Crippen LogP contribution is -2.47. The summed E-state index contributed by atoms with van der Waals surface area (Å²) in [5.41, 5.74) is 1.94. The van der Waals surface area contributed by atoms with Crippen molar-refractivity contribution in [2.24, 2.45) is 0 Å². The normalized spacial score (nSPS) is 15.4. The van der Waals surface area contributed by atoms with Crippen molar-refractivity contribution in [3.05, 3.63) is 42.5 Å². The number of anilines is 2. The Hall–Kier alpha value is -2.21. The smallest absolute Gasteiger partial charge is 0.225 e. The number of pyridine rings is 1. The second kappa shape index (κ2) is 5.83. The Morgan fingerprint density at radius 1 is 1.00 bits per heavy atom. The van der Waals surface area contributed by atoms with E-state index in [1.54, 1.807) is 24.8 Å². The number of aromatic nitrogens is 3. The molecule has 6 nitrogen and oxygen atoms in total. The third-order valence-corrected chi connectivity index (χ3v) is 3.50. The zero-order valence-electron chi connectivity index (χ0n) is 11.2. The van der Waals surface area contributed by atoms with Crippen LogP contribution in [0.1, 0.15) is 5.56 Å². The van der Waals surface area contributed by atoms with Gasteiger partial charge in [0.25, 0.3) is 0 Å². The van der Waals surface area contributed by atoms with E-state index >= 15 is 0 Å². The van der Waals surface area contributed by atoms with E-state index in [1.807, 2.05) is 12.1 Å². The molecule has 0 radical (unpaired) electrons. The Labute approximate surface area is 117 Å². The molecule has 0 spiro atoms. The first kappa shape index (κ1) is 12.8. The highest BCUT2D eigenvalue weighted by molar-refractivity contribution is 5.53. The zero-order chi connectivity index (χ0) is 13.8. The molecule has 0 aromatic carbocycles. The van der Waals surface area contributed by atoms with Crippen LogP contribution in [0.2, 0.25) is 0 Å². The Morgan fingerprint density at radius 3 is 2.40 bits per heavy atom. The van der Waals surface area contributed by atoms with Gasteiger partial charge in [0.05, 0.1) is 6.61 Å². The summed E-state index contributed by atoms with van der Waals surface area (Å²) in [6, 6.07) is 3.78. The summed E-state index contributed by atoms with van der Waals surface area (Å²) in [5, 5.41) is 9.38. The average molecular weight is 271 g/mol. The molecule has 1 fully saturated rings. The highest BCUT2D eigenvalue weighted by Crippen LogP contribution is 2.21. The molecule has 1 aliphatic heterocycles. The number of aliphatic hydroxyl groups excluding tert-OH is 1. The Kier molecular flexibility index (Phi) is 3.73. The number of rotatable bonds is 3. The maximum Gasteiger partial charge on any atom is 0.225 e. The fraction of sp³-hybridized carbons (Fsp3) is 0.357. The predicted molar refractivity (Wildman–Crippen MR) is 76.6 cm³/mol. The van der Waals surface area contributed by atoms with Gasteiger partial charge in [0.15, 0.2) is 0 Å². The number of hydrogen-bond donors (Lipinski definition) is 1. The van der Waals surface area contributed by atoms with E-state index in [0.29, 0.717) is 0 Å². The zero-order valence-corrected chi connectivity index (χ0v) is 11.2. The number of nitrogens with zero attached hydrogens (tertiary/aromatic N) is 5. The lowest BCUT2D eigenvalue weighted by molar-refractivity contribution is 0.281. The molecular weight excluding hydrogens is 254 g/mol. The summed E-state index contributed by atoms with van der Waals surface area (Å²) < 4.78 is 0. The maximum atomic E-state index is 9.38. The minimum Gasteiger partial charge on any atom is -0.392 e. The first-order valence-electron chi connectivity index (χ1n) is 6.69. The molecule has 2 aromatic rings. The largest absolute Gasteiger partial charge is 0.392 e. The van der Waals surface area contributed by atoms with Crippen molar-refractivity contribution in [3.8, 4) is 0 Å². The third-order valence-electron chi connectivity index (χ3n) is 3.50. The molecule has 1 N–H and O–H groups in total. The van der Waals surface area contributed by atoms with Gasteiger partial charge < -0.3 is 14.9 Å². The molecule has 0 unspecified atom stereocenters. The standard InChI is InChI=1S/C14H17N5O/c20-11-12-10-15-5-2-13(12)18-6-8-19(9-7-18)14-16-3-1-4-17-14/h1-5,10,20H,6-9,11H2. The molecule has 20 heavy (non-hydrogen) atoms. The fourth-order valence-corrected chi connectivity index (χ4v) is 2.45. The van der Waals surface area contributed by atoms with Gasteiger partial charge in [-0.3, -0.25) is 4.98 Å². The molecule has 0 aliphatic carbocycles. The van der Waals surface area contributed by atoms with Gasteiger partial charge in [0, 0.05) is 62.2 Å². The van der Waals surface area contributed by atoms with Crippen molar-refractivity contribution in [2.75, 3.05) is 36.0 Å². The van der Waals surface area contributed by atoms with Gasteiger partial charge in [-0.1, -0.05) is 0 Å². The highest BCUT2D eigenvalue weighted by Gasteiger charge is 2.20. The van der Waals surface area contributed by atoms with Crippen LogP contribution in [0.3, 0.4) is 0 Å². The van der Waals surface area contributed by atoms with Crippen LogP contribution >= 0.6 is 0 Å². The van der Waals surface area contributed by atoms with Gasteiger partial charge in [0.1, 0.15) is 0 Å². The SMILES string of the molecule is OCc1cnccc1N1CCN(c2ncccn2)CC1. The van der Waals surface area contributed by atoms with E-state index in [9.17, 15) is 5.11 Å². The van der Waals surface area contributed by atoms with Gasteiger partial charge in [0.2, 0.25) is 5.95 Å². The van der Waals surface area contributed by atoms with Crippen LogP contribution in [0.5, 0.6) is 0 Å². The van der Waals surface area contributed by atoms with E-state index in [0.717, 1.165) is 43.4 Å². The van der Waals surface area contributed by atoms with Crippen LogP contribution in [-0.2, 0) is 6.61 Å². The molecule has 1 aliphatic rings. The van der Waals surface area contributed by atoms with Crippen LogP contribution in [0.4, 0.5) is 11.6 Å². The van der Waals surface area contributed by atoms with E-state index in [1.165, 1.54) is 0 Å². The monoisotopic (exact) mass is 271 g/mol. The van der Waals surface area contributed by atoms with Crippen LogP contribution in [-0.4, -0.2) is 46.2 Å². The van der Waals surface area contributed by atoms with Crippen molar-refractivity contribution < 1.29 is 5.11 Å². The Morgan fingerprint density at radius 2 is 1.70 bits per heavy atom. The lowest BCUT2D eigenvalue weighted by atomic mass is 10.2. The fourth-order valence-electron chi connectivity index (χ4n) is 2.45. The number of hydrogen-bond acceptors (Lipinski definition) is 6. The topological polar surface area (TPSA) is 65.4 Å². The summed E-state index contributed by atoms with van der Waals surface area (Å²) in [4.78, 5) is 17.1. The Balaban J connectivity index is 1.70. The van der Waals surface area contributed by atoms with Crippen LogP contribution in [0, 0.1) is 0 Å². The molecule has 0 bridgehead atoms. The molecule has 0 atom stereocenters. The molecule has 2 aromatic heterocycles. The molecule has 3 rings (SSSR count). The third kappa shape index (κ3) is 2.55. The molecule has 3 heterocycles. The summed E-state index contributed by atoms with van der Waals surface area (Å²) in [5.74, 6) is 0.782. The molecule has 0 saturated carbocycles. The second-order valence-electron chi connectivity index (χ2n) is 4.69. The predicted octanol–water partition coefficient (Wildman–Crippen LogP) is 0.690. The number of piperazine rings is 1. The van der Waals surface area contributed by atoms with Gasteiger partial charge >= 0.3 is 0 Å². The van der Waals surface area contributed by atoms with Crippen molar-refractivity contribution in [1.29, 1.82) is 0 Å². The van der Waals surface area contributed by atoms with E-state index in [4.69, 9.17) is 0 Å². The van der Waals surface area contributed by atoms with Crippen molar-refractivity contribution >= 4 is 11.6 Å². The maximum absolute atomic E-state index is 9.38. The van der Waals surface area contributed by atoms with E-state index in [-0.39, 0.29) is 6.61 Å². The molecule has 0 amide bonds. The minimum absolute atomic E-state index is 0.0190.